The van der Waals surface area contributed by atoms with E-state index < -0.39 is 12.0 Å². The second kappa shape index (κ2) is 9.58. The summed E-state index contributed by atoms with van der Waals surface area (Å²) in [6.45, 7) is 0.306. The number of hydrogen-bond donors (Lipinski definition) is 3. The van der Waals surface area contributed by atoms with E-state index in [9.17, 15) is 9.59 Å². The van der Waals surface area contributed by atoms with Gasteiger partial charge < -0.3 is 20.5 Å². The van der Waals surface area contributed by atoms with Crippen LogP contribution in [0, 0.1) is 0 Å². The maximum absolute atomic E-state index is 11.9. The summed E-state index contributed by atoms with van der Waals surface area (Å²) in [4.78, 5) is 22.9. The molecule has 1 atom stereocenters. The largest absolute Gasteiger partial charge is 0.480 e. The predicted molar refractivity (Wildman–Crippen MR) is 75.7 cm³/mol. The number of amides is 2. The summed E-state index contributed by atoms with van der Waals surface area (Å²) in [5.41, 5.74) is 0. The molecule has 3 N–H and O–H groups in total. The molecule has 0 aliphatic heterocycles. The second-order valence-corrected chi connectivity index (χ2v) is 5.33. The number of urea groups is 1. The third kappa shape index (κ3) is 6.75. The first kappa shape index (κ1) is 16.8. The number of carbonyl (C=O) groups is 2. The van der Waals surface area contributed by atoms with Gasteiger partial charge in [-0.25, -0.2) is 9.59 Å². The Balaban J connectivity index is 2.37. The molecule has 1 fully saturated rings. The SMILES string of the molecule is COCCC(NC(=O)NC1CCCCCCC1)C(=O)O. The fraction of sp³-hybridized carbons (Fsp3) is 0.857. The highest BCUT2D eigenvalue weighted by Gasteiger charge is 2.21. The van der Waals surface area contributed by atoms with Crippen LogP contribution in [0.1, 0.15) is 51.4 Å². The van der Waals surface area contributed by atoms with E-state index >= 15 is 0 Å². The topological polar surface area (TPSA) is 87.7 Å². The van der Waals surface area contributed by atoms with Crippen LogP contribution in [0.3, 0.4) is 0 Å². The Hall–Kier alpha value is -1.30. The maximum atomic E-state index is 11.9. The van der Waals surface area contributed by atoms with Crippen molar-refractivity contribution in [3.8, 4) is 0 Å². The van der Waals surface area contributed by atoms with Crippen LogP contribution in [-0.4, -0.2) is 42.9 Å². The minimum atomic E-state index is -1.03. The van der Waals surface area contributed by atoms with Crippen LogP contribution in [0.4, 0.5) is 4.79 Å². The zero-order chi connectivity index (χ0) is 14.8. The van der Waals surface area contributed by atoms with Gasteiger partial charge in [0.2, 0.25) is 0 Å². The van der Waals surface area contributed by atoms with Gasteiger partial charge in [0.15, 0.2) is 0 Å². The van der Waals surface area contributed by atoms with Crippen molar-refractivity contribution >= 4 is 12.0 Å². The minimum absolute atomic E-state index is 0.159. The lowest BCUT2D eigenvalue weighted by Gasteiger charge is -2.22. The lowest BCUT2D eigenvalue weighted by atomic mass is 9.97. The molecule has 1 saturated carbocycles. The molecule has 0 bridgehead atoms. The summed E-state index contributed by atoms with van der Waals surface area (Å²) in [5, 5.41) is 14.4. The zero-order valence-corrected chi connectivity index (χ0v) is 12.2. The maximum Gasteiger partial charge on any atom is 0.326 e. The third-order valence-corrected chi connectivity index (χ3v) is 3.65. The van der Waals surface area contributed by atoms with Gasteiger partial charge in [-0.15, -0.1) is 0 Å². The molecule has 6 nitrogen and oxygen atoms in total. The summed E-state index contributed by atoms with van der Waals surface area (Å²) < 4.78 is 4.85. The van der Waals surface area contributed by atoms with E-state index in [4.69, 9.17) is 9.84 Å². The molecule has 0 heterocycles. The lowest BCUT2D eigenvalue weighted by Crippen LogP contribution is -2.49. The first-order valence-electron chi connectivity index (χ1n) is 7.42. The Bertz CT molecular complexity index is 302. The van der Waals surface area contributed by atoms with Gasteiger partial charge in [-0.1, -0.05) is 32.1 Å². The first-order valence-corrected chi connectivity index (χ1v) is 7.42. The van der Waals surface area contributed by atoms with Crippen molar-refractivity contribution in [2.45, 2.75) is 63.5 Å². The number of nitrogens with one attached hydrogen (secondary N) is 2. The van der Waals surface area contributed by atoms with Crippen molar-refractivity contribution in [1.29, 1.82) is 0 Å². The molecule has 0 aromatic rings. The zero-order valence-electron chi connectivity index (χ0n) is 12.2. The summed E-state index contributed by atoms with van der Waals surface area (Å²) in [5.74, 6) is -1.03. The van der Waals surface area contributed by atoms with E-state index in [0.29, 0.717) is 6.61 Å². The van der Waals surface area contributed by atoms with Crippen LogP contribution in [0.5, 0.6) is 0 Å². The quantitative estimate of drug-likeness (QED) is 0.696. The average molecular weight is 286 g/mol. The molecule has 0 radical (unpaired) electrons. The minimum Gasteiger partial charge on any atom is -0.480 e. The highest BCUT2D eigenvalue weighted by atomic mass is 16.5. The number of aliphatic carboxylic acids is 1. The first-order chi connectivity index (χ1) is 9.63. The standard InChI is InChI=1S/C14H26N2O4/c1-20-10-9-12(13(17)18)16-14(19)15-11-7-5-3-2-4-6-8-11/h11-12H,2-10H2,1H3,(H,17,18)(H2,15,16,19). The summed E-state index contributed by atoms with van der Waals surface area (Å²) in [7, 11) is 1.51. The van der Waals surface area contributed by atoms with Crippen LogP contribution in [0.2, 0.25) is 0 Å². The summed E-state index contributed by atoms with van der Waals surface area (Å²) in [6.07, 6.45) is 8.16. The van der Waals surface area contributed by atoms with Gasteiger partial charge in [0.25, 0.3) is 0 Å². The van der Waals surface area contributed by atoms with E-state index in [2.05, 4.69) is 10.6 Å². The lowest BCUT2D eigenvalue weighted by molar-refractivity contribution is -0.139. The molecule has 0 aromatic heterocycles. The number of carboxylic acid groups (broad SMARTS) is 1. The summed E-state index contributed by atoms with van der Waals surface area (Å²) in [6, 6.07) is -1.13. The highest BCUT2D eigenvalue weighted by molar-refractivity contribution is 5.82. The van der Waals surface area contributed by atoms with E-state index in [1.165, 1.54) is 26.4 Å². The Morgan fingerprint density at radius 1 is 1.20 bits per heavy atom. The number of carboxylic acids is 1. The van der Waals surface area contributed by atoms with Crippen molar-refractivity contribution in [2.24, 2.45) is 0 Å². The Morgan fingerprint density at radius 2 is 1.80 bits per heavy atom. The molecular formula is C14H26N2O4. The van der Waals surface area contributed by atoms with E-state index in [-0.39, 0.29) is 18.5 Å². The molecule has 116 valence electrons. The van der Waals surface area contributed by atoms with Crippen LogP contribution in [-0.2, 0) is 9.53 Å². The molecule has 6 heteroatoms. The van der Waals surface area contributed by atoms with E-state index in [0.717, 1.165) is 25.7 Å². The van der Waals surface area contributed by atoms with Gasteiger partial charge in [0.05, 0.1) is 0 Å². The van der Waals surface area contributed by atoms with Crippen molar-refractivity contribution in [2.75, 3.05) is 13.7 Å². The van der Waals surface area contributed by atoms with Gasteiger partial charge >= 0.3 is 12.0 Å². The Labute approximate surface area is 120 Å². The Morgan fingerprint density at radius 3 is 2.35 bits per heavy atom. The van der Waals surface area contributed by atoms with Crippen molar-refractivity contribution < 1.29 is 19.4 Å². The van der Waals surface area contributed by atoms with E-state index in [1.807, 2.05) is 0 Å². The molecule has 1 unspecified atom stereocenters. The number of carbonyl (C=O) groups excluding carboxylic acids is 1. The molecule has 1 aliphatic rings. The smallest absolute Gasteiger partial charge is 0.326 e. The van der Waals surface area contributed by atoms with Gasteiger partial charge in [-0.2, -0.15) is 0 Å². The number of ether oxygens (including phenoxy) is 1. The molecule has 1 rings (SSSR count). The fourth-order valence-electron chi connectivity index (χ4n) is 2.48. The van der Waals surface area contributed by atoms with Gasteiger partial charge in [0.1, 0.15) is 6.04 Å². The van der Waals surface area contributed by atoms with Gasteiger partial charge in [0, 0.05) is 26.2 Å². The van der Waals surface area contributed by atoms with E-state index in [1.54, 1.807) is 0 Å². The highest BCUT2D eigenvalue weighted by Crippen LogP contribution is 2.16. The third-order valence-electron chi connectivity index (χ3n) is 3.65. The molecule has 1 aliphatic carbocycles. The monoisotopic (exact) mass is 286 g/mol. The predicted octanol–water partition coefficient (Wildman–Crippen LogP) is 1.89. The van der Waals surface area contributed by atoms with Gasteiger partial charge in [-0.3, -0.25) is 0 Å². The Kier molecular flexibility index (Phi) is 8.02. The molecule has 2 amide bonds. The average Bonchev–Trinajstić information content (AvgIpc) is 2.37. The van der Waals surface area contributed by atoms with Crippen molar-refractivity contribution in [3.05, 3.63) is 0 Å². The van der Waals surface area contributed by atoms with Crippen molar-refractivity contribution in [3.63, 3.8) is 0 Å². The number of rotatable bonds is 6. The molecular weight excluding hydrogens is 260 g/mol. The van der Waals surface area contributed by atoms with Crippen molar-refractivity contribution in [1.82, 2.24) is 10.6 Å². The normalized spacial score (nSPS) is 18.6. The fourth-order valence-corrected chi connectivity index (χ4v) is 2.48. The summed E-state index contributed by atoms with van der Waals surface area (Å²) >= 11 is 0. The number of hydrogen-bond acceptors (Lipinski definition) is 3. The van der Waals surface area contributed by atoms with Crippen LogP contribution in [0.15, 0.2) is 0 Å². The molecule has 0 aromatic carbocycles. The van der Waals surface area contributed by atoms with Gasteiger partial charge in [-0.05, 0) is 12.8 Å². The molecule has 0 saturated heterocycles. The molecule has 20 heavy (non-hydrogen) atoms. The van der Waals surface area contributed by atoms with Crippen LogP contribution in [0.25, 0.3) is 0 Å². The van der Waals surface area contributed by atoms with Crippen LogP contribution >= 0.6 is 0 Å². The number of methoxy groups -OCH3 is 1. The second-order valence-electron chi connectivity index (χ2n) is 5.33. The molecule has 0 spiro atoms. The van der Waals surface area contributed by atoms with Crippen LogP contribution < -0.4 is 10.6 Å².